The van der Waals surface area contributed by atoms with E-state index in [1.165, 1.54) is 283 Å². The van der Waals surface area contributed by atoms with Gasteiger partial charge in [0, 0.05) is 19.3 Å². The number of ether oxygens (including phenoxy) is 3. The fourth-order valence-corrected chi connectivity index (χ4v) is 10.9. The zero-order chi connectivity index (χ0) is 57.8. The first-order chi connectivity index (χ1) is 39.5. The Morgan fingerprint density at radius 1 is 0.250 bits per heavy atom. The van der Waals surface area contributed by atoms with E-state index in [2.05, 4.69) is 57.2 Å². The first-order valence-electron chi connectivity index (χ1n) is 36.0. The summed E-state index contributed by atoms with van der Waals surface area (Å²) in [6.07, 6.45) is 86.1. The summed E-state index contributed by atoms with van der Waals surface area (Å²) < 4.78 is 17.0. The normalized spacial score (nSPS) is 12.2. The van der Waals surface area contributed by atoms with Crippen LogP contribution in [0.25, 0.3) is 0 Å². The molecule has 0 saturated heterocycles. The summed E-state index contributed by atoms with van der Waals surface area (Å²) in [5.74, 6) is -0.863. The molecule has 0 radical (unpaired) electrons. The third kappa shape index (κ3) is 66.4. The van der Waals surface area contributed by atoms with E-state index in [0.29, 0.717) is 19.3 Å². The van der Waals surface area contributed by atoms with Crippen molar-refractivity contribution < 1.29 is 28.6 Å². The number of carbonyl (C=O) groups excluding carboxylic acids is 3. The molecular weight excluding hydrogens is 985 g/mol. The molecule has 0 aliphatic carbocycles. The van der Waals surface area contributed by atoms with Crippen molar-refractivity contribution in [3.05, 3.63) is 36.5 Å². The van der Waals surface area contributed by atoms with E-state index >= 15 is 0 Å². The summed E-state index contributed by atoms with van der Waals surface area (Å²) in [5, 5.41) is 0. The van der Waals surface area contributed by atoms with Gasteiger partial charge < -0.3 is 14.2 Å². The predicted octanol–water partition coefficient (Wildman–Crippen LogP) is 24.7. The second kappa shape index (κ2) is 69.1. The molecule has 0 amide bonds. The molecule has 0 saturated carbocycles. The molecule has 0 fully saturated rings. The van der Waals surface area contributed by atoms with Gasteiger partial charge in [0.1, 0.15) is 13.2 Å². The highest BCUT2D eigenvalue weighted by Gasteiger charge is 2.19. The van der Waals surface area contributed by atoms with Gasteiger partial charge in [-0.15, -0.1) is 0 Å². The minimum absolute atomic E-state index is 0.0736. The van der Waals surface area contributed by atoms with Gasteiger partial charge in [0.25, 0.3) is 0 Å². The van der Waals surface area contributed by atoms with Crippen molar-refractivity contribution in [2.45, 2.75) is 406 Å². The molecule has 0 aliphatic heterocycles. The second-order valence-electron chi connectivity index (χ2n) is 24.5. The summed E-state index contributed by atoms with van der Waals surface area (Å²) in [6, 6.07) is 0. The Balaban J connectivity index is 4.18. The highest BCUT2D eigenvalue weighted by molar-refractivity contribution is 5.71. The van der Waals surface area contributed by atoms with Crippen molar-refractivity contribution in [2.24, 2.45) is 0 Å². The molecule has 6 nitrogen and oxygen atoms in total. The van der Waals surface area contributed by atoms with Crippen LogP contribution in [0.2, 0.25) is 0 Å². The molecule has 0 heterocycles. The summed E-state index contributed by atoms with van der Waals surface area (Å²) in [7, 11) is 0. The zero-order valence-electron chi connectivity index (χ0n) is 54.1. The minimum atomic E-state index is -0.779. The number of hydrogen-bond donors (Lipinski definition) is 0. The Morgan fingerprint density at radius 2 is 0.450 bits per heavy atom. The van der Waals surface area contributed by atoms with Crippen LogP contribution in [-0.2, 0) is 28.6 Å². The molecule has 0 aromatic carbocycles. The molecule has 1 atom stereocenters. The van der Waals surface area contributed by atoms with E-state index in [1.807, 2.05) is 0 Å². The molecule has 80 heavy (non-hydrogen) atoms. The maximum atomic E-state index is 12.9. The van der Waals surface area contributed by atoms with Crippen molar-refractivity contribution in [2.75, 3.05) is 13.2 Å². The van der Waals surface area contributed by atoms with Gasteiger partial charge >= 0.3 is 17.9 Å². The third-order valence-electron chi connectivity index (χ3n) is 16.4. The Kier molecular flexibility index (Phi) is 67.1. The van der Waals surface area contributed by atoms with E-state index in [1.54, 1.807) is 0 Å². The number of carbonyl (C=O) groups is 3. The van der Waals surface area contributed by atoms with Crippen LogP contribution in [0.5, 0.6) is 0 Å². The van der Waals surface area contributed by atoms with E-state index in [-0.39, 0.29) is 31.1 Å². The maximum Gasteiger partial charge on any atom is 0.306 e. The van der Waals surface area contributed by atoms with Crippen LogP contribution >= 0.6 is 0 Å². The van der Waals surface area contributed by atoms with Crippen molar-refractivity contribution in [3.8, 4) is 0 Å². The van der Waals surface area contributed by atoms with Crippen LogP contribution in [0, 0.1) is 0 Å². The Labute approximate surface area is 499 Å². The van der Waals surface area contributed by atoms with Crippen LogP contribution in [0.4, 0.5) is 0 Å². The van der Waals surface area contributed by atoms with Crippen molar-refractivity contribution in [3.63, 3.8) is 0 Å². The highest BCUT2D eigenvalue weighted by atomic mass is 16.6. The van der Waals surface area contributed by atoms with Gasteiger partial charge in [-0.1, -0.05) is 340 Å². The molecule has 0 aliphatic rings. The fourth-order valence-electron chi connectivity index (χ4n) is 10.9. The molecule has 1 unspecified atom stereocenters. The molecular formula is C74H138O6. The van der Waals surface area contributed by atoms with Crippen molar-refractivity contribution in [1.82, 2.24) is 0 Å². The molecule has 0 bridgehead atoms. The van der Waals surface area contributed by atoms with Gasteiger partial charge in [0.05, 0.1) is 0 Å². The van der Waals surface area contributed by atoms with Gasteiger partial charge in [-0.2, -0.15) is 0 Å². The minimum Gasteiger partial charge on any atom is -0.462 e. The molecule has 470 valence electrons. The monoisotopic (exact) mass is 1120 g/mol. The summed E-state index contributed by atoms with van der Waals surface area (Å²) in [6.45, 7) is 6.67. The highest BCUT2D eigenvalue weighted by Crippen LogP contribution is 2.19. The third-order valence-corrected chi connectivity index (χ3v) is 16.4. The van der Waals surface area contributed by atoms with E-state index in [4.69, 9.17) is 14.2 Å². The lowest BCUT2D eigenvalue weighted by Crippen LogP contribution is -2.30. The topological polar surface area (TPSA) is 78.9 Å². The molecule has 6 heteroatoms. The molecule has 0 spiro atoms. The van der Waals surface area contributed by atoms with E-state index in [0.717, 1.165) is 77.0 Å². The van der Waals surface area contributed by atoms with Gasteiger partial charge in [-0.3, -0.25) is 14.4 Å². The first-order valence-corrected chi connectivity index (χ1v) is 36.0. The van der Waals surface area contributed by atoms with Crippen LogP contribution in [0.15, 0.2) is 36.5 Å². The van der Waals surface area contributed by atoms with Crippen LogP contribution in [0.3, 0.4) is 0 Å². The number of hydrogen-bond acceptors (Lipinski definition) is 6. The average Bonchev–Trinajstić information content (AvgIpc) is 3.46. The van der Waals surface area contributed by atoms with Crippen LogP contribution < -0.4 is 0 Å². The molecule has 0 N–H and O–H groups in total. The quantitative estimate of drug-likeness (QED) is 0.0261. The van der Waals surface area contributed by atoms with E-state index < -0.39 is 6.10 Å². The number of rotatable bonds is 67. The van der Waals surface area contributed by atoms with Crippen LogP contribution in [-0.4, -0.2) is 37.2 Å². The fraction of sp³-hybridized carbons (Fsp3) is 0.878. The molecule has 0 rings (SSSR count). The Bertz CT molecular complexity index is 1340. The summed E-state index contributed by atoms with van der Waals surface area (Å²) in [4.78, 5) is 38.4. The van der Waals surface area contributed by atoms with Crippen molar-refractivity contribution >= 4 is 17.9 Å². The Morgan fingerprint density at radius 3 is 0.725 bits per heavy atom. The van der Waals surface area contributed by atoms with E-state index in [9.17, 15) is 14.4 Å². The Hall–Kier alpha value is -2.37. The lowest BCUT2D eigenvalue weighted by Gasteiger charge is -2.18. The second-order valence-corrected chi connectivity index (χ2v) is 24.5. The standard InChI is InChI=1S/C74H138O6/c1-4-7-10-13-16-19-22-25-28-30-31-32-33-34-35-36-37-38-39-40-41-42-44-46-49-52-55-58-61-64-67-73(76)79-70-71(69-78-72(75)66-63-60-57-54-51-48-45-27-24-21-18-15-12-9-6-3)80-74(77)68-65-62-59-56-53-50-47-43-29-26-23-20-17-14-11-8-5-2/h17,20,26-27,29,45,71H,4-16,18-19,21-25,28,30-44,46-70H2,1-3H3/b20-17-,29-26-,45-27-. The number of esters is 3. The average molecular weight is 1120 g/mol. The van der Waals surface area contributed by atoms with Crippen molar-refractivity contribution in [1.29, 1.82) is 0 Å². The SMILES string of the molecule is CCCCC/C=C\C/C=C\CCCCCCCCCC(=O)OC(COC(=O)CCCCCCC/C=C\CCCCCCCC)COC(=O)CCCCCCCCCCCCCCCCCCCCCCCCCCCCCCCC. The lowest BCUT2D eigenvalue weighted by atomic mass is 10.0. The van der Waals surface area contributed by atoms with Gasteiger partial charge in [-0.05, 0) is 77.0 Å². The largest absolute Gasteiger partial charge is 0.462 e. The molecule has 0 aromatic rings. The summed E-state index contributed by atoms with van der Waals surface area (Å²) >= 11 is 0. The van der Waals surface area contributed by atoms with Gasteiger partial charge in [-0.25, -0.2) is 0 Å². The number of allylic oxidation sites excluding steroid dienone is 6. The first kappa shape index (κ1) is 77.6. The molecule has 0 aromatic heterocycles. The van der Waals surface area contributed by atoms with Crippen LogP contribution in [0.1, 0.15) is 400 Å². The summed E-state index contributed by atoms with van der Waals surface area (Å²) in [5.41, 5.74) is 0. The number of unbranched alkanes of at least 4 members (excludes halogenated alkanes) is 50. The predicted molar refractivity (Wildman–Crippen MR) is 349 cm³/mol. The zero-order valence-corrected chi connectivity index (χ0v) is 54.1. The van der Waals surface area contributed by atoms with Gasteiger partial charge in [0.15, 0.2) is 6.10 Å². The lowest BCUT2D eigenvalue weighted by molar-refractivity contribution is -0.167. The van der Waals surface area contributed by atoms with Gasteiger partial charge in [0.2, 0.25) is 0 Å². The smallest absolute Gasteiger partial charge is 0.306 e. The maximum absolute atomic E-state index is 12.9.